The van der Waals surface area contributed by atoms with Crippen molar-refractivity contribution < 1.29 is 9.90 Å². The average Bonchev–Trinajstić information content (AvgIpc) is 2.45. The van der Waals surface area contributed by atoms with Gasteiger partial charge in [0, 0.05) is 12.1 Å². The number of hydrogen-bond acceptors (Lipinski definition) is 3. The van der Waals surface area contributed by atoms with Crippen LogP contribution in [0.4, 0.5) is 0 Å². The van der Waals surface area contributed by atoms with Gasteiger partial charge in [-0.25, -0.2) is 4.79 Å². The van der Waals surface area contributed by atoms with Gasteiger partial charge in [0.15, 0.2) is 5.54 Å². The van der Waals surface area contributed by atoms with Gasteiger partial charge in [-0.1, -0.05) is 37.3 Å². The molecule has 0 amide bonds. The molecule has 0 aliphatic carbocycles. The van der Waals surface area contributed by atoms with E-state index in [-0.39, 0.29) is 5.54 Å². The third-order valence-electron chi connectivity index (χ3n) is 4.43. The van der Waals surface area contributed by atoms with Crippen molar-refractivity contribution in [1.29, 1.82) is 0 Å². The first-order valence-electron chi connectivity index (χ1n) is 6.99. The summed E-state index contributed by atoms with van der Waals surface area (Å²) in [6.45, 7) is 6.77. The molecule has 0 saturated carbocycles. The van der Waals surface area contributed by atoms with Crippen LogP contribution in [0.3, 0.4) is 0 Å². The van der Waals surface area contributed by atoms with Crippen LogP contribution < -0.4 is 5.32 Å². The molecule has 1 atom stereocenters. The molecule has 1 aromatic carbocycles. The van der Waals surface area contributed by atoms with Gasteiger partial charge in [0.25, 0.3) is 0 Å². The minimum atomic E-state index is -1.09. The SMILES string of the molecule is CCC(C)(C)N(C)CC(NC)(C(=O)O)c1ccccc1. The Balaban J connectivity index is 3.18. The fraction of sp³-hybridized carbons (Fsp3) is 0.562. The fourth-order valence-corrected chi connectivity index (χ4v) is 2.18. The van der Waals surface area contributed by atoms with Gasteiger partial charge in [0.05, 0.1) is 0 Å². The van der Waals surface area contributed by atoms with Gasteiger partial charge in [-0.2, -0.15) is 0 Å². The third kappa shape index (κ3) is 3.19. The Morgan fingerprint density at radius 2 is 1.85 bits per heavy atom. The second-order valence-electron chi connectivity index (χ2n) is 5.85. The maximum absolute atomic E-state index is 11.9. The Morgan fingerprint density at radius 3 is 2.25 bits per heavy atom. The lowest BCUT2D eigenvalue weighted by molar-refractivity contribution is -0.146. The van der Waals surface area contributed by atoms with Crippen molar-refractivity contribution in [3.8, 4) is 0 Å². The van der Waals surface area contributed by atoms with Gasteiger partial charge >= 0.3 is 5.97 Å². The van der Waals surface area contributed by atoms with E-state index in [4.69, 9.17) is 0 Å². The van der Waals surface area contributed by atoms with Crippen molar-refractivity contribution in [3.63, 3.8) is 0 Å². The Morgan fingerprint density at radius 1 is 1.30 bits per heavy atom. The van der Waals surface area contributed by atoms with E-state index >= 15 is 0 Å². The Bertz CT molecular complexity index is 445. The zero-order valence-corrected chi connectivity index (χ0v) is 13.1. The molecule has 20 heavy (non-hydrogen) atoms. The summed E-state index contributed by atoms with van der Waals surface area (Å²) >= 11 is 0. The van der Waals surface area contributed by atoms with Crippen LogP contribution in [0.25, 0.3) is 0 Å². The first-order valence-corrected chi connectivity index (χ1v) is 6.99. The highest BCUT2D eigenvalue weighted by Crippen LogP contribution is 2.26. The molecule has 0 aliphatic rings. The van der Waals surface area contributed by atoms with Crippen molar-refractivity contribution in [1.82, 2.24) is 10.2 Å². The molecule has 2 N–H and O–H groups in total. The number of carboxylic acid groups (broad SMARTS) is 1. The quantitative estimate of drug-likeness (QED) is 0.803. The van der Waals surface area contributed by atoms with E-state index < -0.39 is 11.5 Å². The molecule has 0 fully saturated rings. The van der Waals surface area contributed by atoms with Crippen molar-refractivity contribution in [3.05, 3.63) is 35.9 Å². The summed E-state index contributed by atoms with van der Waals surface area (Å²) in [5.74, 6) is -0.857. The van der Waals surface area contributed by atoms with Crippen LogP contribution in [0, 0.1) is 0 Å². The maximum atomic E-state index is 11.9. The van der Waals surface area contributed by atoms with E-state index in [2.05, 4.69) is 31.0 Å². The van der Waals surface area contributed by atoms with Crippen LogP contribution in [-0.2, 0) is 10.3 Å². The van der Waals surface area contributed by atoms with Gasteiger partial charge in [-0.3, -0.25) is 4.90 Å². The summed E-state index contributed by atoms with van der Waals surface area (Å²) < 4.78 is 0. The molecule has 0 bridgehead atoms. The average molecular weight is 278 g/mol. The Kier molecular flexibility index (Phi) is 5.31. The number of likely N-dealkylation sites (N-methyl/N-ethyl adjacent to an activating group) is 2. The van der Waals surface area contributed by atoms with Gasteiger partial charge in [-0.15, -0.1) is 0 Å². The van der Waals surface area contributed by atoms with Crippen LogP contribution in [-0.4, -0.2) is 42.2 Å². The number of carbonyl (C=O) groups is 1. The topological polar surface area (TPSA) is 52.6 Å². The normalized spacial score (nSPS) is 15.1. The zero-order chi connectivity index (χ0) is 15.4. The Hall–Kier alpha value is -1.39. The lowest BCUT2D eigenvalue weighted by Crippen LogP contribution is -2.58. The second kappa shape index (κ2) is 6.37. The number of aliphatic carboxylic acids is 1. The van der Waals surface area contributed by atoms with Gasteiger partial charge < -0.3 is 10.4 Å². The predicted octanol–water partition coefficient (Wildman–Crippen LogP) is 2.31. The standard InChI is InChI=1S/C16H26N2O2/c1-6-15(2,3)18(5)12-16(17-4,14(19)20)13-10-8-7-9-11-13/h7-11,17H,6,12H2,1-5H3,(H,19,20). The molecule has 1 aromatic rings. The van der Waals surface area contributed by atoms with Gasteiger partial charge in [0.2, 0.25) is 0 Å². The molecule has 4 nitrogen and oxygen atoms in total. The summed E-state index contributed by atoms with van der Waals surface area (Å²) in [6.07, 6.45) is 0.956. The third-order valence-corrected chi connectivity index (χ3v) is 4.43. The molecule has 112 valence electrons. The summed E-state index contributed by atoms with van der Waals surface area (Å²) in [5, 5.41) is 12.8. The van der Waals surface area contributed by atoms with E-state index in [0.29, 0.717) is 6.54 Å². The number of hydrogen-bond donors (Lipinski definition) is 2. The minimum absolute atomic E-state index is 0.0493. The van der Waals surface area contributed by atoms with E-state index in [0.717, 1.165) is 12.0 Å². The summed E-state index contributed by atoms with van der Waals surface area (Å²) in [7, 11) is 3.68. The van der Waals surface area contributed by atoms with Crippen molar-refractivity contribution in [2.24, 2.45) is 0 Å². The molecular formula is C16H26N2O2. The van der Waals surface area contributed by atoms with Gasteiger partial charge in [0.1, 0.15) is 0 Å². The molecule has 0 saturated heterocycles. The first-order chi connectivity index (χ1) is 9.30. The molecular weight excluding hydrogens is 252 g/mol. The van der Waals surface area contributed by atoms with Crippen molar-refractivity contribution in [2.75, 3.05) is 20.6 Å². The second-order valence-corrected chi connectivity index (χ2v) is 5.85. The maximum Gasteiger partial charge on any atom is 0.329 e. The molecule has 0 heterocycles. The van der Waals surface area contributed by atoms with Crippen LogP contribution in [0.1, 0.15) is 32.8 Å². The Labute approximate surface area is 121 Å². The summed E-state index contributed by atoms with van der Waals surface area (Å²) in [5.41, 5.74) is -0.372. The first kappa shape index (κ1) is 16.7. The van der Waals surface area contributed by atoms with Crippen LogP contribution in [0.15, 0.2) is 30.3 Å². The molecule has 0 aliphatic heterocycles. The summed E-state index contributed by atoms with van der Waals surface area (Å²) in [6, 6.07) is 9.35. The zero-order valence-electron chi connectivity index (χ0n) is 13.1. The van der Waals surface area contributed by atoms with E-state index in [1.807, 2.05) is 37.4 Å². The largest absolute Gasteiger partial charge is 0.480 e. The van der Waals surface area contributed by atoms with Crippen molar-refractivity contribution in [2.45, 2.75) is 38.3 Å². The molecule has 0 spiro atoms. The highest BCUT2D eigenvalue weighted by molar-refractivity contribution is 5.81. The molecule has 1 rings (SSSR count). The van der Waals surface area contributed by atoms with E-state index in [1.165, 1.54) is 0 Å². The van der Waals surface area contributed by atoms with Gasteiger partial charge in [-0.05, 0) is 39.9 Å². The number of nitrogens with one attached hydrogen (secondary N) is 1. The lowest BCUT2D eigenvalue weighted by Gasteiger charge is -2.41. The number of nitrogens with zero attached hydrogens (tertiary/aromatic N) is 1. The minimum Gasteiger partial charge on any atom is -0.480 e. The number of carboxylic acids is 1. The summed E-state index contributed by atoms with van der Waals surface area (Å²) in [4.78, 5) is 14.0. The van der Waals surface area contributed by atoms with Crippen LogP contribution in [0.2, 0.25) is 0 Å². The highest BCUT2D eigenvalue weighted by atomic mass is 16.4. The molecule has 4 heteroatoms. The fourth-order valence-electron chi connectivity index (χ4n) is 2.18. The van der Waals surface area contributed by atoms with E-state index in [9.17, 15) is 9.90 Å². The molecule has 1 unspecified atom stereocenters. The van der Waals surface area contributed by atoms with E-state index in [1.54, 1.807) is 7.05 Å². The smallest absolute Gasteiger partial charge is 0.329 e. The van der Waals surface area contributed by atoms with Crippen LogP contribution >= 0.6 is 0 Å². The molecule has 0 aromatic heterocycles. The predicted molar refractivity (Wildman–Crippen MR) is 81.8 cm³/mol. The highest BCUT2D eigenvalue weighted by Gasteiger charge is 2.42. The number of benzene rings is 1. The van der Waals surface area contributed by atoms with Crippen LogP contribution in [0.5, 0.6) is 0 Å². The molecule has 0 radical (unpaired) electrons. The number of rotatable bonds is 7. The van der Waals surface area contributed by atoms with Crippen molar-refractivity contribution >= 4 is 5.97 Å². The lowest BCUT2D eigenvalue weighted by atomic mass is 9.87. The monoisotopic (exact) mass is 278 g/mol.